The molecular weight excluding hydrogens is 326 g/mol. The summed E-state index contributed by atoms with van der Waals surface area (Å²) in [5.74, 6) is 0.577. The highest BCUT2D eigenvalue weighted by Gasteiger charge is 2.15. The van der Waals surface area contributed by atoms with Gasteiger partial charge in [0.15, 0.2) is 0 Å². The van der Waals surface area contributed by atoms with Crippen LogP contribution in [-0.2, 0) is 15.3 Å². The predicted molar refractivity (Wildman–Crippen MR) is 73.4 cm³/mol. The average molecular weight is 338 g/mol. The first-order valence-electron chi connectivity index (χ1n) is 4.86. The number of thiophene rings is 1. The van der Waals surface area contributed by atoms with Crippen molar-refractivity contribution in [1.29, 1.82) is 0 Å². The molecule has 0 aromatic carbocycles. The van der Waals surface area contributed by atoms with Crippen LogP contribution >= 0.6 is 39.0 Å². The van der Waals surface area contributed by atoms with Gasteiger partial charge in [-0.05, 0) is 34.2 Å². The third-order valence-electron chi connectivity index (χ3n) is 1.98. The van der Waals surface area contributed by atoms with E-state index in [0.29, 0.717) is 18.6 Å². The van der Waals surface area contributed by atoms with E-state index in [1.165, 1.54) is 4.88 Å². The van der Waals surface area contributed by atoms with Crippen LogP contribution in [-0.4, -0.2) is 29.3 Å². The fourth-order valence-corrected chi connectivity index (χ4v) is 3.75. The number of nitrogens with one attached hydrogen (secondary N) is 1. The number of aliphatic carboxylic acids is 1. The lowest BCUT2D eigenvalue weighted by molar-refractivity contribution is -0.140. The molecule has 0 radical (unpaired) electrons. The van der Waals surface area contributed by atoms with Gasteiger partial charge in [-0.25, -0.2) is 4.79 Å². The van der Waals surface area contributed by atoms with Crippen LogP contribution < -0.4 is 5.32 Å². The molecule has 0 aliphatic rings. The number of hydrogen-bond donors (Lipinski definition) is 2. The Hall–Kier alpha value is -0.530. The molecule has 0 aliphatic heterocycles. The first-order valence-corrected chi connectivity index (χ1v) is 7.69. The maximum absolute atomic E-state index is 10.7. The molecule has 1 heterocycles. The minimum atomic E-state index is -0.989. The molecule has 1 atom stereocenters. The van der Waals surface area contributed by atoms with Gasteiger partial charge in [-0.3, -0.25) is 4.79 Å². The van der Waals surface area contributed by atoms with E-state index in [4.69, 9.17) is 5.11 Å². The van der Waals surface area contributed by atoms with E-state index >= 15 is 0 Å². The van der Waals surface area contributed by atoms with E-state index in [0.717, 1.165) is 10.2 Å². The highest BCUT2D eigenvalue weighted by Crippen LogP contribution is 2.24. The number of carbonyl (C=O) groups is 2. The standard InChI is InChI=1S/C10H12BrNO3S2/c11-7-3-8(17-4-7)5-16-2-1-9(10(14)15)12-6-13/h3-4,6,9H,1-2,5H2,(H,12,13)(H,14,15). The molecule has 0 spiro atoms. The lowest BCUT2D eigenvalue weighted by Gasteiger charge is -2.09. The zero-order chi connectivity index (χ0) is 12.7. The topological polar surface area (TPSA) is 66.4 Å². The third kappa shape index (κ3) is 5.56. The summed E-state index contributed by atoms with van der Waals surface area (Å²) in [5, 5.41) is 13.1. The maximum Gasteiger partial charge on any atom is 0.326 e. The second kappa shape index (κ2) is 7.73. The first-order chi connectivity index (χ1) is 8.13. The average Bonchev–Trinajstić information content (AvgIpc) is 2.68. The molecule has 1 rings (SSSR count). The Labute approximate surface area is 116 Å². The van der Waals surface area contributed by atoms with Crippen molar-refractivity contribution in [2.45, 2.75) is 18.2 Å². The number of carboxylic acids is 1. The third-order valence-corrected chi connectivity index (χ3v) is 4.90. The van der Waals surface area contributed by atoms with Gasteiger partial charge in [0.2, 0.25) is 6.41 Å². The van der Waals surface area contributed by atoms with Crippen LogP contribution in [0, 0.1) is 0 Å². The van der Waals surface area contributed by atoms with Gasteiger partial charge in [-0.2, -0.15) is 11.8 Å². The van der Waals surface area contributed by atoms with Crippen LogP contribution in [0.4, 0.5) is 0 Å². The van der Waals surface area contributed by atoms with Gasteiger partial charge < -0.3 is 10.4 Å². The van der Waals surface area contributed by atoms with Crippen LogP contribution in [0.1, 0.15) is 11.3 Å². The second-order valence-corrected chi connectivity index (χ2v) is 6.26. The van der Waals surface area contributed by atoms with Gasteiger partial charge in [-0.1, -0.05) is 0 Å². The van der Waals surface area contributed by atoms with Crippen LogP contribution in [0.25, 0.3) is 0 Å². The van der Waals surface area contributed by atoms with Gasteiger partial charge in [0.1, 0.15) is 6.04 Å². The molecule has 1 aromatic heterocycles. The Bertz CT molecular complexity index is 383. The van der Waals surface area contributed by atoms with E-state index in [1.807, 2.05) is 5.38 Å². The first kappa shape index (κ1) is 14.5. The van der Waals surface area contributed by atoms with Gasteiger partial charge in [0.25, 0.3) is 0 Å². The van der Waals surface area contributed by atoms with E-state index in [2.05, 4.69) is 27.3 Å². The number of rotatable bonds is 8. The summed E-state index contributed by atoms with van der Waals surface area (Å²) in [4.78, 5) is 22.2. The van der Waals surface area contributed by atoms with Gasteiger partial charge >= 0.3 is 5.97 Å². The molecule has 94 valence electrons. The van der Waals surface area contributed by atoms with Crippen LogP contribution in [0.3, 0.4) is 0 Å². The van der Waals surface area contributed by atoms with E-state index < -0.39 is 12.0 Å². The number of thioether (sulfide) groups is 1. The Morgan fingerprint density at radius 1 is 1.71 bits per heavy atom. The minimum absolute atomic E-state index is 0.430. The summed E-state index contributed by atoms with van der Waals surface area (Å²) in [7, 11) is 0. The molecule has 1 aromatic rings. The van der Waals surface area contributed by atoms with Crippen molar-refractivity contribution < 1.29 is 14.7 Å². The summed E-state index contributed by atoms with van der Waals surface area (Å²) < 4.78 is 1.07. The molecule has 0 aliphatic carbocycles. The summed E-state index contributed by atoms with van der Waals surface area (Å²) >= 11 is 6.71. The van der Waals surface area contributed by atoms with E-state index in [1.54, 1.807) is 23.1 Å². The molecule has 1 amide bonds. The summed E-state index contributed by atoms with van der Waals surface area (Å²) in [6, 6.07) is 1.27. The zero-order valence-electron chi connectivity index (χ0n) is 8.89. The number of hydrogen-bond acceptors (Lipinski definition) is 4. The van der Waals surface area contributed by atoms with Crippen molar-refractivity contribution in [3.05, 3.63) is 20.8 Å². The number of carbonyl (C=O) groups excluding carboxylic acids is 1. The van der Waals surface area contributed by atoms with Crippen molar-refractivity contribution in [2.24, 2.45) is 0 Å². The highest BCUT2D eigenvalue weighted by atomic mass is 79.9. The summed E-state index contributed by atoms with van der Waals surface area (Å²) in [6.45, 7) is 0. The Morgan fingerprint density at radius 2 is 2.47 bits per heavy atom. The predicted octanol–water partition coefficient (Wildman–Crippen LogP) is 2.33. The molecule has 0 fully saturated rings. The number of halogens is 1. The van der Waals surface area contributed by atoms with Crippen LogP contribution in [0.15, 0.2) is 15.9 Å². The molecule has 2 N–H and O–H groups in total. The molecule has 0 bridgehead atoms. The molecule has 7 heteroatoms. The fourth-order valence-electron chi connectivity index (χ4n) is 1.16. The number of carboxylic acid groups (broad SMARTS) is 1. The fraction of sp³-hybridized carbons (Fsp3) is 0.400. The summed E-state index contributed by atoms with van der Waals surface area (Å²) in [6.07, 6.45) is 0.866. The molecular formula is C10H12BrNO3S2. The summed E-state index contributed by atoms with van der Waals surface area (Å²) in [5.41, 5.74) is 0. The Morgan fingerprint density at radius 3 is 3.00 bits per heavy atom. The van der Waals surface area contributed by atoms with Crippen LogP contribution in [0.2, 0.25) is 0 Å². The molecule has 0 saturated carbocycles. The second-order valence-electron chi connectivity index (χ2n) is 3.25. The minimum Gasteiger partial charge on any atom is -0.480 e. The van der Waals surface area contributed by atoms with E-state index in [-0.39, 0.29) is 0 Å². The normalized spacial score (nSPS) is 12.1. The van der Waals surface area contributed by atoms with Gasteiger partial charge in [-0.15, -0.1) is 11.3 Å². The highest BCUT2D eigenvalue weighted by molar-refractivity contribution is 9.10. The van der Waals surface area contributed by atoms with Gasteiger partial charge in [0.05, 0.1) is 0 Å². The van der Waals surface area contributed by atoms with Crippen molar-refractivity contribution >= 4 is 51.4 Å². The number of amides is 1. The Kier molecular flexibility index (Phi) is 6.61. The van der Waals surface area contributed by atoms with Crippen LogP contribution in [0.5, 0.6) is 0 Å². The molecule has 1 unspecified atom stereocenters. The lowest BCUT2D eigenvalue weighted by Crippen LogP contribution is -2.36. The molecule has 17 heavy (non-hydrogen) atoms. The monoisotopic (exact) mass is 337 g/mol. The molecule has 0 saturated heterocycles. The van der Waals surface area contributed by atoms with Crippen molar-refractivity contribution in [3.63, 3.8) is 0 Å². The van der Waals surface area contributed by atoms with Crippen molar-refractivity contribution in [2.75, 3.05) is 5.75 Å². The van der Waals surface area contributed by atoms with Crippen molar-refractivity contribution in [3.8, 4) is 0 Å². The van der Waals surface area contributed by atoms with Gasteiger partial charge in [0, 0.05) is 20.5 Å². The maximum atomic E-state index is 10.7. The quantitative estimate of drug-likeness (QED) is 0.564. The smallest absolute Gasteiger partial charge is 0.326 e. The molecule has 4 nitrogen and oxygen atoms in total. The lowest BCUT2D eigenvalue weighted by atomic mass is 10.2. The zero-order valence-corrected chi connectivity index (χ0v) is 12.1. The Balaban J connectivity index is 2.22. The largest absolute Gasteiger partial charge is 0.480 e. The van der Waals surface area contributed by atoms with Crippen molar-refractivity contribution in [1.82, 2.24) is 5.32 Å². The van der Waals surface area contributed by atoms with E-state index in [9.17, 15) is 9.59 Å². The SMILES string of the molecule is O=CNC(CCSCc1cc(Br)cs1)C(=O)O.